The fourth-order valence-corrected chi connectivity index (χ4v) is 2.26. The average Bonchev–Trinajstić information content (AvgIpc) is 2.27. The van der Waals surface area contributed by atoms with Gasteiger partial charge in [0, 0.05) is 17.5 Å². The van der Waals surface area contributed by atoms with E-state index in [2.05, 4.69) is 23.3 Å². The van der Waals surface area contributed by atoms with Crippen molar-refractivity contribution in [2.24, 2.45) is 0 Å². The summed E-state index contributed by atoms with van der Waals surface area (Å²) in [6.45, 7) is 2.09. The molecular weight excluding hydrogens is 243 g/mol. The zero-order valence-corrected chi connectivity index (χ0v) is 10.7. The minimum atomic E-state index is 0.608. The molecule has 0 aliphatic rings. The molecule has 1 aromatic carbocycles. The van der Waals surface area contributed by atoms with Crippen molar-refractivity contribution in [3.8, 4) is 0 Å². The van der Waals surface area contributed by atoms with E-state index in [4.69, 9.17) is 23.2 Å². The number of fused-ring (bicyclic) bond motifs is 1. The van der Waals surface area contributed by atoms with Gasteiger partial charge in [0.2, 0.25) is 0 Å². The molecule has 0 fully saturated rings. The summed E-state index contributed by atoms with van der Waals surface area (Å²) in [4.78, 5) is 4.51. The lowest BCUT2D eigenvalue weighted by Gasteiger charge is -2.09. The molecule has 2 aromatic rings. The van der Waals surface area contributed by atoms with Crippen molar-refractivity contribution in [3.05, 3.63) is 33.8 Å². The summed E-state index contributed by atoms with van der Waals surface area (Å²) < 4.78 is 0. The highest BCUT2D eigenvalue weighted by Gasteiger charge is 2.07. The van der Waals surface area contributed by atoms with Gasteiger partial charge in [0.15, 0.2) is 0 Å². The highest BCUT2D eigenvalue weighted by molar-refractivity contribution is 6.38. The number of hydrogen-bond donors (Lipinski definition) is 1. The van der Waals surface area contributed by atoms with Crippen molar-refractivity contribution >= 4 is 39.9 Å². The van der Waals surface area contributed by atoms with Crippen LogP contribution in [-0.2, 0) is 6.42 Å². The smallest absolute Gasteiger partial charge is 0.129 e. The summed E-state index contributed by atoms with van der Waals surface area (Å²) >= 11 is 12.1. The minimum absolute atomic E-state index is 0.608. The van der Waals surface area contributed by atoms with Gasteiger partial charge in [0.05, 0.1) is 10.5 Å². The first-order chi connectivity index (χ1) is 7.65. The van der Waals surface area contributed by atoms with Gasteiger partial charge >= 0.3 is 0 Å². The molecule has 1 aromatic heterocycles. The SMILES string of the molecule is CCc1cc2c(Cl)cc(Cl)cc2nc1NC. The van der Waals surface area contributed by atoms with Crippen LogP contribution in [0.4, 0.5) is 5.82 Å². The summed E-state index contributed by atoms with van der Waals surface area (Å²) in [5.41, 5.74) is 1.97. The third-order valence-electron chi connectivity index (χ3n) is 2.55. The predicted octanol–water partition coefficient (Wildman–Crippen LogP) is 4.15. The molecular formula is C12H12Cl2N2. The van der Waals surface area contributed by atoms with Gasteiger partial charge in [0.1, 0.15) is 5.82 Å². The second-order valence-corrected chi connectivity index (χ2v) is 4.40. The van der Waals surface area contributed by atoms with Gasteiger partial charge in [-0.1, -0.05) is 30.1 Å². The number of pyridine rings is 1. The molecule has 0 bridgehead atoms. The predicted molar refractivity (Wildman–Crippen MR) is 70.7 cm³/mol. The fraction of sp³-hybridized carbons (Fsp3) is 0.250. The average molecular weight is 255 g/mol. The molecule has 0 saturated carbocycles. The van der Waals surface area contributed by atoms with Crippen LogP contribution in [0.15, 0.2) is 18.2 Å². The first-order valence-electron chi connectivity index (χ1n) is 5.12. The Balaban J connectivity index is 2.78. The van der Waals surface area contributed by atoms with E-state index in [1.807, 2.05) is 13.1 Å². The van der Waals surface area contributed by atoms with Gasteiger partial charge in [-0.05, 0) is 30.2 Å². The molecule has 0 aliphatic carbocycles. The summed E-state index contributed by atoms with van der Waals surface area (Å²) in [6.07, 6.45) is 0.915. The Morgan fingerprint density at radius 3 is 2.62 bits per heavy atom. The molecule has 0 atom stereocenters. The normalized spacial score (nSPS) is 10.8. The van der Waals surface area contributed by atoms with Crippen molar-refractivity contribution in [1.82, 2.24) is 4.98 Å². The van der Waals surface area contributed by atoms with Gasteiger partial charge in [-0.2, -0.15) is 0 Å². The van der Waals surface area contributed by atoms with E-state index in [0.717, 1.165) is 28.7 Å². The number of anilines is 1. The number of aryl methyl sites for hydroxylation is 1. The van der Waals surface area contributed by atoms with Crippen LogP contribution in [0.1, 0.15) is 12.5 Å². The lowest BCUT2D eigenvalue weighted by atomic mass is 10.1. The van der Waals surface area contributed by atoms with Gasteiger partial charge < -0.3 is 5.32 Å². The molecule has 0 radical (unpaired) electrons. The van der Waals surface area contributed by atoms with Crippen LogP contribution in [0.5, 0.6) is 0 Å². The van der Waals surface area contributed by atoms with Crippen molar-refractivity contribution < 1.29 is 0 Å². The van der Waals surface area contributed by atoms with Crippen LogP contribution in [-0.4, -0.2) is 12.0 Å². The van der Waals surface area contributed by atoms with Crippen LogP contribution >= 0.6 is 23.2 Å². The van der Waals surface area contributed by atoms with E-state index in [1.54, 1.807) is 6.07 Å². The molecule has 0 unspecified atom stereocenters. The number of nitrogens with zero attached hydrogens (tertiary/aromatic N) is 1. The van der Waals surface area contributed by atoms with E-state index in [-0.39, 0.29) is 0 Å². The number of aromatic nitrogens is 1. The Morgan fingerprint density at radius 2 is 2.00 bits per heavy atom. The van der Waals surface area contributed by atoms with Crippen LogP contribution in [0.2, 0.25) is 10.0 Å². The van der Waals surface area contributed by atoms with Crippen molar-refractivity contribution in [2.75, 3.05) is 12.4 Å². The van der Waals surface area contributed by atoms with Gasteiger partial charge in [-0.25, -0.2) is 4.98 Å². The Hall–Kier alpha value is -0.990. The number of rotatable bonds is 2. The molecule has 1 N–H and O–H groups in total. The summed E-state index contributed by atoms with van der Waals surface area (Å²) in [7, 11) is 1.86. The van der Waals surface area contributed by atoms with E-state index in [1.165, 1.54) is 0 Å². The van der Waals surface area contributed by atoms with E-state index in [0.29, 0.717) is 10.0 Å². The summed E-state index contributed by atoms with van der Waals surface area (Å²) in [6, 6.07) is 5.63. The lowest BCUT2D eigenvalue weighted by Crippen LogP contribution is -1.98. The third kappa shape index (κ3) is 1.95. The highest BCUT2D eigenvalue weighted by atomic mass is 35.5. The maximum Gasteiger partial charge on any atom is 0.129 e. The molecule has 0 amide bonds. The zero-order valence-electron chi connectivity index (χ0n) is 9.14. The largest absolute Gasteiger partial charge is 0.373 e. The maximum absolute atomic E-state index is 6.14. The zero-order chi connectivity index (χ0) is 11.7. The molecule has 16 heavy (non-hydrogen) atoms. The minimum Gasteiger partial charge on any atom is -0.373 e. The topological polar surface area (TPSA) is 24.9 Å². The molecule has 0 aliphatic heterocycles. The van der Waals surface area contributed by atoms with Crippen molar-refractivity contribution in [3.63, 3.8) is 0 Å². The quantitative estimate of drug-likeness (QED) is 0.872. The van der Waals surface area contributed by atoms with Gasteiger partial charge in [-0.3, -0.25) is 0 Å². The second kappa shape index (κ2) is 4.48. The van der Waals surface area contributed by atoms with E-state index < -0.39 is 0 Å². The van der Waals surface area contributed by atoms with Gasteiger partial charge in [-0.15, -0.1) is 0 Å². The summed E-state index contributed by atoms with van der Waals surface area (Å²) in [5.74, 6) is 0.883. The van der Waals surface area contributed by atoms with Crippen molar-refractivity contribution in [2.45, 2.75) is 13.3 Å². The van der Waals surface area contributed by atoms with Crippen LogP contribution in [0.25, 0.3) is 10.9 Å². The van der Waals surface area contributed by atoms with Crippen LogP contribution in [0.3, 0.4) is 0 Å². The summed E-state index contributed by atoms with van der Waals surface area (Å²) in [5, 5.41) is 5.28. The standard InChI is InChI=1S/C12H12Cl2N2/c1-3-7-4-9-10(14)5-8(13)6-11(9)16-12(7)15-2/h4-6H,3H2,1-2H3,(H,15,16). The lowest BCUT2D eigenvalue weighted by molar-refractivity contribution is 1.12. The van der Waals surface area contributed by atoms with Crippen molar-refractivity contribution in [1.29, 1.82) is 0 Å². The van der Waals surface area contributed by atoms with Gasteiger partial charge in [0.25, 0.3) is 0 Å². The number of benzene rings is 1. The molecule has 84 valence electrons. The number of nitrogens with one attached hydrogen (secondary N) is 1. The number of halogens is 2. The number of hydrogen-bond acceptors (Lipinski definition) is 2. The fourth-order valence-electron chi connectivity index (χ4n) is 1.73. The van der Waals surface area contributed by atoms with Crippen LogP contribution < -0.4 is 5.32 Å². The van der Waals surface area contributed by atoms with E-state index in [9.17, 15) is 0 Å². The first kappa shape index (κ1) is 11.5. The molecule has 1 heterocycles. The first-order valence-corrected chi connectivity index (χ1v) is 5.87. The second-order valence-electron chi connectivity index (χ2n) is 3.55. The Morgan fingerprint density at radius 1 is 1.25 bits per heavy atom. The molecule has 0 saturated heterocycles. The molecule has 4 heteroatoms. The maximum atomic E-state index is 6.14. The Labute approximate surface area is 105 Å². The van der Waals surface area contributed by atoms with Crippen LogP contribution in [0, 0.1) is 0 Å². The Bertz CT molecular complexity index is 538. The molecule has 2 rings (SSSR count). The molecule has 0 spiro atoms. The monoisotopic (exact) mass is 254 g/mol. The van der Waals surface area contributed by atoms with E-state index >= 15 is 0 Å². The molecule has 2 nitrogen and oxygen atoms in total. The Kier molecular flexibility index (Phi) is 3.22. The highest BCUT2D eigenvalue weighted by Crippen LogP contribution is 2.29. The third-order valence-corrected chi connectivity index (χ3v) is 3.08.